The van der Waals surface area contributed by atoms with Crippen LogP contribution in [0.5, 0.6) is 0 Å². The minimum atomic E-state index is -0.763. The summed E-state index contributed by atoms with van der Waals surface area (Å²) in [4.78, 5) is 10.8. The Morgan fingerprint density at radius 2 is 2.36 bits per heavy atom. The summed E-state index contributed by atoms with van der Waals surface area (Å²) in [5.41, 5.74) is 0.644. The van der Waals surface area contributed by atoms with Gasteiger partial charge in [-0.15, -0.1) is 0 Å². The Morgan fingerprint density at radius 1 is 1.55 bits per heavy atom. The second-order valence-corrected chi connectivity index (χ2v) is 1.98. The molecule has 0 saturated heterocycles. The van der Waals surface area contributed by atoms with E-state index in [9.17, 15) is 4.39 Å². The van der Waals surface area contributed by atoms with Crippen LogP contribution in [0.3, 0.4) is 0 Å². The second kappa shape index (κ2) is 1.88. The highest BCUT2D eigenvalue weighted by Crippen LogP contribution is 2.06. The van der Waals surface area contributed by atoms with Gasteiger partial charge in [0.05, 0.1) is 6.20 Å². The summed E-state index contributed by atoms with van der Waals surface area (Å²) in [6.07, 6.45) is 1.92. The molecule has 0 fully saturated rings. The Hall–Kier alpha value is -1.72. The largest absolute Gasteiger partial charge is 0.334 e. The quantitative estimate of drug-likeness (QED) is 0.416. The summed E-state index contributed by atoms with van der Waals surface area (Å²) in [6.45, 7) is 0. The van der Waals surface area contributed by atoms with Crippen molar-refractivity contribution in [3.63, 3.8) is 0 Å². The molecule has 0 aromatic carbocycles. The fraction of sp³-hybridized carbons (Fsp3) is 0. The Kier molecular flexibility index (Phi) is 1.03. The molecule has 0 atom stereocenters. The summed E-state index contributed by atoms with van der Waals surface area (Å²) < 4.78 is 13.4. The first-order chi connectivity index (χ1) is 5.29. The number of halogens is 1. The molecule has 2 rings (SSSR count). The molecule has 56 valence electrons. The molecule has 2 aromatic rings. The van der Waals surface area contributed by atoms with Gasteiger partial charge in [-0.25, -0.2) is 9.97 Å². The number of nitrogen functional groups attached to an aromatic ring is 1. The number of nitrogens with zero attached hydrogens (tertiary/aromatic N) is 4. The van der Waals surface area contributed by atoms with Crippen molar-refractivity contribution in [2.75, 3.05) is 5.84 Å². The molecule has 0 spiro atoms. The highest BCUT2D eigenvalue weighted by Gasteiger charge is 2.06. The van der Waals surface area contributed by atoms with Crippen LogP contribution in [0.1, 0.15) is 0 Å². The first-order valence-corrected chi connectivity index (χ1v) is 2.88. The molecule has 0 radical (unpaired) electrons. The number of imidazole rings is 1. The number of fused-ring (bicyclic) bond motifs is 1. The number of rotatable bonds is 0. The van der Waals surface area contributed by atoms with Gasteiger partial charge in [0, 0.05) is 0 Å². The van der Waals surface area contributed by atoms with Gasteiger partial charge in [0.15, 0.2) is 5.65 Å². The van der Waals surface area contributed by atoms with Crippen molar-refractivity contribution in [3.8, 4) is 0 Å². The minimum Gasteiger partial charge on any atom is -0.334 e. The predicted molar refractivity (Wildman–Crippen MR) is 35.4 cm³/mol. The number of hydrogen-bond acceptors (Lipinski definition) is 4. The van der Waals surface area contributed by atoms with E-state index < -0.39 is 6.08 Å². The highest BCUT2D eigenvalue weighted by atomic mass is 19.1. The molecule has 11 heavy (non-hydrogen) atoms. The Balaban J connectivity index is 2.92. The molecule has 0 saturated carbocycles. The molecule has 2 heterocycles. The molecule has 0 amide bonds. The lowest BCUT2D eigenvalue weighted by Gasteiger charge is -1.90. The van der Waals surface area contributed by atoms with E-state index in [0.717, 1.165) is 4.68 Å². The van der Waals surface area contributed by atoms with Crippen LogP contribution in [0.15, 0.2) is 12.5 Å². The van der Waals surface area contributed by atoms with Crippen LogP contribution in [0.4, 0.5) is 4.39 Å². The second-order valence-electron chi connectivity index (χ2n) is 1.98. The average molecular weight is 153 g/mol. The molecule has 5 nitrogen and oxygen atoms in total. The third-order valence-electron chi connectivity index (χ3n) is 1.31. The third-order valence-corrected chi connectivity index (χ3v) is 1.31. The van der Waals surface area contributed by atoms with Gasteiger partial charge in [-0.05, 0) is 0 Å². The molecule has 0 aliphatic rings. The summed E-state index contributed by atoms with van der Waals surface area (Å²) in [5.74, 6) is 5.23. The van der Waals surface area contributed by atoms with Crippen molar-refractivity contribution in [2.45, 2.75) is 0 Å². The maximum absolute atomic E-state index is 12.6. The van der Waals surface area contributed by atoms with Crippen molar-refractivity contribution in [1.29, 1.82) is 0 Å². The maximum atomic E-state index is 12.6. The Bertz CT molecular complexity index is 395. The van der Waals surface area contributed by atoms with Crippen molar-refractivity contribution < 1.29 is 4.39 Å². The zero-order chi connectivity index (χ0) is 7.84. The van der Waals surface area contributed by atoms with Gasteiger partial charge in [0.1, 0.15) is 11.8 Å². The van der Waals surface area contributed by atoms with E-state index in [4.69, 9.17) is 5.84 Å². The fourth-order valence-electron chi connectivity index (χ4n) is 0.821. The summed E-state index contributed by atoms with van der Waals surface area (Å²) >= 11 is 0. The van der Waals surface area contributed by atoms with Gasteiger partial charge in [0.2, 0.25) is 0 Å². The Labute approximate surface area is 60.7 Å². The standard InChI is InChI=1S/C5H4FN5/c6-5-10-3-1-8-2-9-4(3)11(5)7/h1-2H,7H2. The number of aromatic nitrogens is 4. The van der Waals surface area contributed by atoms with E-state index in [0.29, 0.717) is 5.52 Å². The van der Waals surface area contributed by atoms with Gasteiger partial charge in [-0.2, -0.15) is 14.1 Å². The van der Waals surface area contributed by atoms with Crippen LogP contribution in [0, 0.1) is 6.08 Å². The topological polar surface area (TPSA) is 69.6 Å². The van der Waals surface area contributed by atoms with E-state index >= 15 is 0 Å². The molecule has 0 bridgehead atoms. The van der Waals surface area contributed by atoms with E-state index in [-0.39, 0.29) is 5.65 Å². The SMILES string of the molecule is Nn1c(F)nc2cncnc21. The fourth-order valence-corrected chi connectivity index (χ4v) is 0.821. The first-order valence-electron chi connectivity index (χ1n) is 2.88. The number of hydrogen-bond donors (Lipinski definition) is 1. The van der Waals surface area contributed by atoms with Crippen LogP contribution in [-0.2, 0) is 0 Å². The van der Waals surface area contributed by atoms with E-state index in [1.807, 2.05) is 0 Å². The smallest absolute Gasteiger partial charge is 0.310 e. The molecule has 0 aliphatic heterocycles. The normalized spacial score (nSPS) is 10.6. The summed E-state index contributed by atoms with van der Waals surface area (Å²) in [5, 5.41) is 0. The minimum absolute atomic E-state index is 0.289. The van der Waals surface area contributed by atoms with Crippen molar-refractivity contribution in [2.24, 2.45) is 0 Å². The third kappa shape index (κ3) is 0.721. The molecular weight excluding hydrogens is 149 g/mol. The van der Waals surface area contributed by atoms with E-state index in [1.165, 1.54) is 12.5 Å². The zero-order valence-corrected chi connectivity index (χ0v) is 5.40. The number of nitrogens with two attached hydrogens (primary N) is 1. The van der Waals surface area contributed by atoms with E-state index in [2.05, 4.69) is 15.0 Å². The highest BCUT2D eigenvalue weighted by molar-refractivity contribution is 5.68. The molecule has 6 heteroatoms. The summed E-state index contributed by atoms with van der Waals surface area (Å²) in [6, 6.07) is 0. The van der Waals surface area contributed by atoms with Crippen molar-refractivity contribution in [1.82, 2.24) is 19.6 Å². The van der Waals surface area contributed by atoms with Crippen LogP contribution >= 0.6 is 0 Å². The molecule has 2 aromatic heterocycles. The van der Waals surface area contributed by atoms with Crippen LogP contribution < -0.4 is 5.84 Å². The maximum Gasteiger partial charge on any atom is 0.310 e. The van der Waals surface area contributed by atoms with Crippen molar-refractivity contribution >= 4 is 11.2 Å². The van der Waals surface area contributed by atoms with Gasteiger partial charge < -0.3 is 5.84 Å². The van der Waals surface area contributed by atoms with E-state index in [1.54, 1.807) is 0 Å². The molecule has 0 unspecified atom stereocenters. The summed E-state index contributed by atoms with van der Waals surface area (Å²) in [7, 11) is 0. The Morgan fingerprint density at radius 3 is 3.09 bits per heavy atom. The monoisotopic (exact) mass is 153 g/mol. The lowest BCUT2D eigenvalue weighted by molar-refractivity contribution is 0.518. The predicted octanol–water partition coefficient (Wildman–Crippen LogP) is -0.321. The first kappa shape index (κ1) is 6.02. The lowest BCUT2D eigenvalue weighted by Crippen LogP contribution is -2.11. The molecule has 2 N–H and O–H groups in total. The van der Waals surface area contributed by atoms with Gasteiger partial charge in [-0.3, -0.25) is 0 Å². The van der Waals surface area contributed by atoms with Gasteiger partial charge in [-0.1, -0.05) is 0 Å². The zero-order valence-electron chi connectivity index (χ0n) is 5.40. The van der Waals surface area contributed by atoms with Gasteiger partial charge in [0.25, 0.3) is 0 Å². The molecule has 0 aliphatic carbocycles. The van der Waals surface area contributed by atoms with Gasteiger partial charge >= 0.3 is 6.08 Å². The van der Waals surface area contributed by atoms with Crippen LogP contribution in [-0.4, -0.2) is 19.6 Å². The van der Waals surface area contributed by atoms with Crippen LogP contribution in [0.25, 0.3) is 11.2 Å². The average Bonchev–Trinajstić information content (AvgIpc) is 2.30. The molecular formula is C5H4FN5. The van der Waals surface area contributed by atoms with Crippen LogP contribution in [0.2, 0.25) is 0 Å². The lowest BCUT2D eigenvalue weighted by atomic mass is 10.6. The van der Waals surface area contributed by atoms with Crippen molar-refractivity contribution in [3.05, 3.63) is 18.6 Å².